The van der Waals surface area contributed by atoms with E-state index in [0.29, 0.717) is 6.23 Å². The van der Waals surface area contributed by atoms with E-state index in [2.05, 4.69) is 18.9 Å². The SMILES string of the molecule is CCCOC1CCCN1C. The third-order valence-corrected chi connectivity index (χ3v) is 1.97. The molecule has 1 aliphatic heterocycles. The molecule has 0 amide bonds. The highest BCUT2D eigenvalue weighted by Gasteiger charge is 2.20. The van der Waals surface area contributed by atoms with Gasteiger partial charge >= 0.3 is 0 Å². The molecule has 0 aromatic rings. The summed E-state index contributed by atoms with van der Waals surface area (Å²) in [6.45, 7) is 4.26. The highest BCUT2D eigenvalue weighted by atomic mass is 16.5. The van der Waals surface area contributed by atoms with Crippen molar-refractivity contribution in [3.8, 4) is 0 Å². The van der Waals surface area contributed by atoms with Crippen LogP contribution in [0, 0.1) is 0 Å². The van der Waals surface area contributed by atoms with Gasteiger partial charge in [0.25, 0.3) is 0 Å². The number of hydrogen-bond acceptors (Lipinski definition) is 2. The number of ether oxygens (including phenoxy) is 1. The minimum absolute atomic E-state index is 0.417. The molecule has 0 spiro atoms. The Balaban J connectivity index is 2.14. The van der Waals surface area contributed by atoms with Gasteiger partial charge in [-0.25, -0.2) is 0 Å². The quantitative estimate of drug-likeness (QED) is 0.593. The standard InChI is InChI=1S/C8H17NO/c1-3-7-10-8-5-4-6-9(8)2/h8H,3-7H2,1-2H3. The predicted octanol–water partition coefficient (Wildman–Crippen LogP) is 1.46. The van der Waals surface area contributed by atoms with E-state index >= 15 is 0 Å². The zero-order valence-corrected chi connectivity index (χ0v) is 6.97. The van der Waals surface area contributed by atoms with E-state index in [-0.39, 0.29) is 0 Å². The van der Waals surface area contributed by atoms with Crippen molar-refractivity contribution >= 4 is 0 Å². The monoisotopic (exact) mass is 143 g/mol. The maximum Gasteiger partial charge on any atom is 0.110 e. The fourth-order valence-electron chi connectivity index (χ4n) is 1.34. The van der Waals surface area contributed by atoms with Crippen molar-refractivity contribution in [3.63, 3.8) is 0 Å². The second kappa shape index (κ2) is 3.94. The Bertz CT molecular complexity index is 95.3. The molecular weight excluding hydrogens is 126 g/mol. The molecule has 1 rings (SSSR count). The highest BCUT2D eigenvalue weighted by Crippen LogP contribution is 2.15. The third kappa shape index (κ3) is 1.96. The summed E-state index contributed by atoms with van der Waals surface area (Å²) in [5.41, 5.74) is 0. The Morgan fingerprint density at radius 2 is 2.40 bits per heavy atom. The minimum atomic E-state index is 0.417. The van der Waals surface area contributed by atoms with E-state index in [1.807, 2.05) is 0 Å². The second-order valence-electron chi connectivity index (χ2n) is 2.95. The maximum absolute atomic E-state index is 5.59. The fourth-order valence-corrected chi connectivity index (χ4v) is 1.34. The minimum Gasteiger partial charge on any atom is -0.363 e. The summed E-state index contributed by atoms with van der Waals surface area (Å²) in [6.07, 6.45) is 4.06. The summed E-state index contributed by atoms with van der Waals surface area (Å²) >= 11 is 0. The molecular formula is C8H17NO. The van der Waals surface area contributed by atoms with Crippen LogP contribution in [-0.2, 0) is 4.74 Å². The molecule has 2 heteroatoms. The van der Waals surface area contributed by atoms with Crippen molar-refractivity contribution in [2.24, 2.45) is 0 Å². The van der Waals surface area contributed by atoms with Crippen molar-refractivity contribution in [2.75, 3.05) is 20.2 Å². The van der Waals surface area contributed by atoms with Gasteiger partial charge in [0.1, 0.15) is 6.23 Å². The molecule has 1 heterocycles. The summed E-state index contributed by atoms with van der Waals surface area (Å²) in [4.78, 5) is 2.29. The van der Waals surface area contributed by atoms with Gasteiger partial charge in [-0.3, -0.25) is 4.90 Å². The molecule has 1 fully saturated rings. The second-order valence-corrected chi connectivity index (χ2v) is 2.95. The van der Waals surface area contributed by atoms with Crippen LogP contribution in [0.1, 0.15) is 26.2 Å². The van der Waals surface area contributed by atoms with Gasteiger partial charge in [0, 0.05) is 13.2 Å². The lowest BCUT2D eigenvalue weighted by molar-refractivity contribution is -0.0230. The maximum atomic E-state index is 5.59. The third-order valence-electron chi connectivity index (χ3n) is 1.97. The molecule has 0 aromatic heterocycles. The molecule has 0 radical (unpaired) electrons. The van der Waals surface area contributed by atoms with E-state index in [0.717, 1.165) is 13.0 Å². The van der Waals surface area contributed by atoms with Gasteiger partial charge in [0.15, 0.2) is 0 Å². The van der Waals surface area contributed by atoms with E-state index in [9.17, 15) is 0 Å². The van der Waals surface area contributed by atoms with E-state index < -0.39 is 0 Å². The summed E-state index contributed by atoms with van der Waals surface area (Å²) in [7, 11) is 2.13. The van der Waals surface area contributed by atoms with Gasteiger partial charge in [-0.05, 0) is 26.3 Å². The Kier molecular flexibility index (Phi) is 3.16. The first kappa shape index (κ1) is 8.02. The first-order valence-corrected chi connectivity index (χ1v) is 4.16. The number of likely N-dealkylation sites (tertiary alicyclic amines) is 1. The molecule has 1 saturated heterocycles. The van der Waals surface area contributed by atoms with Crippen molar-refractivity contribution < 1.29 is 4.74 Å². The summed E-state index contributed by atoms with van der Waals surface area (Å²) in [6, 6.07) is 0. The van der Waals surface area contributed by atoms with Crippen molar-refractivity contribution in [2.45, 2.75) is 32.4 Å². The van der Waals surface area contributed by atoms with Gasteiger partial charge in [0.05, 0.1) is 0 Å². The number of hydrogen-bond donors (Lipinski definition) is 0. The van der Waals surface area contributed by atoms with Gasteiger partial charge < -0.3 is 4.74 Å². The molecule has 1 unspecified atom stereocenters. The Labute approximate surface area is 63.2 Å². The molecule has 0 bridgehead atoms. The topological polar surface area (TPSA) is 12.5 Å². The van der Waals surface area contributed by atoms with Gasteiger partial charge in [-0.2, -0.15) is 0 Å². The van der Waals surface area contributed by atoms with Crippen LogP contribution >= 0.6 is 0 Å². The van der Waals surface area contributed by atoms with Crippen LogP contribution in [0.2, 0.25) is 0 Å². The van der Waals surface area contributed by atoms with E-state index in [1.165, 1.54) is 19.4 Å². The van der Waals surface area contributed by atoms with Gasteiger partial charge in [-0.15, -0.1) is 0 Å². The van der Waals surface area contributed by atoms with Crippen LogP contribution in [0.3, 0.4) is 0 Å². The zero-order chi connectivity index (χ0) is 7.40. The summed E-state index contributed by atoms with van der Waals surface area (Å²) in [5.74, 6) is 0. The summed E-state index contributed by atoms with van der Waals surface area (Å²) in [5, 5.41) is 0. The van der Waals surface area contributed by atoms with Crippen molar-refractivity contribution in [3.05, 3.63) is 0 Å². The zero-order valence-electron chi connectivity index (χ0n) is 6.97. The van der Waals surface area contributed by atoms with Crippen LogP contribution < -0.4 is 0 Å². The Hall–Kier alpha value is -0.0800. The first-order chi connectivity index (χ1) is 4.84. The predicted molar refractivity (Wildman–Crippen MR) is 41.9 cm³/mol. The Morgan fingerprint density at radius 1 is 1.60 bits per heavy atom. The molecule has 0 aromatic carbocycles. The number of nitrogens with zero attached hydrogens (tertiary/aromatic N) is 1. The first-order valence-electron chi connectivity index (χ1n) is 4.16. The number of rotatable bonds is 3. The van der Waals surface area contributed by atoms with E-state index in [1.54, 1.807) is 0 Å². The average molecular weight is 143 g/mol. The summed E-state index contributed by atoms with van der Waals surface area (Å²) < 4.78 is 5.59. The van der Waals surface area contributed by atoms with Gasteiger partial charge in [0.2, 0.25) is 0 Å². The molecule has 2 nitrogen and oxygen atoms in total. The van der Waals surface area contributed by atoms with Gasteiger partial charge in [-0.1, -0.05) is 6.92 Å². The smallest absolute Gasteiger partial charge is 0.110 e. The molecule has 0 N–H and O–H groups in total. The van der Waals surface area contributed by atoms with Crippen LogP contribution in [0.5, 0.6) is 0 Å². The van der Waals surface area contributed by atoms with Crippen LogP contribution in [0.25, 0.3) is 0 Å². The molecule has 10 heavy (non-hydrogen) atoms. The molecule has 1 aliphatic rings. The molecule has 0 aliphatic carbocycles. The fraction of sp³-hybridized carbons (Fsp3) is 1.00. The lowest BCUT2D eigenvalue weighted by Crippen LogP contribution is -2.27. The normalized spacial score (nSPS) is 27.6. The molecule has 1 atom stereocenters. The van der Waals surface area contributed by atoms with Crippen LogP contribution in [0.4, 0.5) is 0 Å². The molecule has 0 saturated carbocycles. The van der Waals surface area contributed by atoms with Crippen LogP contribution in [0.15, 0.2) is 0 Å². The Morgan fingerprint density at radius 3 is 2.90 bits per heavy atom. The van der Waals surface area contributed by atoms with E-state index in [4.69, 9.17) is 4.74 Å². The lowest BCUT2D eigenvalue weighted by Gasteiger charge is -2.19. The largest absolute Gasteiger partial charge is 0.363 e. The van der Waals surface area contributed by atoms with Crippen molar-refractivity contribution in [1.82, 2.24) is 4.90 Å². The lowest BCUT2D eigenvalue weighted by atomic mass is 10.4. The highest BCUT2D eigenvalue weighted by molar-refractivity contribution is 4.67. The molecule has 60 valence electrons. The average Bonchev–Trinajstić information content (AvgIpc) is 2.31. The van der Waals surface area contributed by atoms with Crippen molar-refractivity contribution in [1.29, 1.82) is 0 Å². The van der Waals surface area contributed by atoms with Crippen LogP contribution in [-0.4, -0.2) is 31.3 Å².